The van der Waals surface area contributed by atoms with E-state index in [-0.39, 0.29) is 0 Å². The van der Waals surface area contributed by atoms with Crippen LogP contribution in [0.1, 0.15) is 22.3 Å². The van der Waals surface area contributed by atoms with E-state index in [1.807, 2.05) is 30.3 Å². The number of hydrogen-bond donors (Lipinski definition) is 0. The van der Waals surface area contributed by atoms with Gasteiger partial charge in [0.2, 0.25) is 6.33 Å². The molecule has 1 aromatic heterocycles. The molecule has 0 amide bonds. The van der Waals surface area contributed by atoms with E-state index in [0.29, 0.717) is 6.54 Å². The van der Waals surface area contributed by atoms with Crippen LogP contribution >= 0.6 is 0 Å². The van der Waals surface area contributed by atoms with E-state index in [1.54, 1.807) is 0 Å². The van der Waals surface area contributed by atoms with Gasteiger partial charge in [0.15, 0.2) is 11.0 Å². The lowest BCUT2D eigenvalue weighted by Crippen LogP contribution is -2.32. The van der Waals surface area contributed by atoms with Crippen molar-refractivity contribution in [1.29, 1.82) is 5.26 Å². The van der Waals surface area contributed by atoms with Crippen molar-refractivity contribution < 1.29 is 4.57 Å². The molecule has 3 heteroatoms. The van der Waals surface area contributed by atoms with Gasteiger partial charge in [0.25, 0.3) is 0 Å². The van der Waals surface area contributed by atoms with Crippen molar-refractivity contribution >= 4 is 17.1 Å². The largest absolute Gasteiger partial charge is 0.245 e. The smallest absolute Gasteiger partial charge is 0.226 e. The molecule has 3 aromatic carbocycles. The molecule has 4 rings (SSSR count). The Labute approximate surface area is 159 Å². The minimum absolute atomic E-state index is 0.673. The van der Waals surface area contributed by atoms with Crippen LogP contribution in [-0.2, 0) is 13.1 Å². The average Bonchev–Trinajstić information content (AvgIpc) is 3.06. The van der Waals surface area contributed by atoms with Crippen molar-refractivity contribution in [1.82, 2.24) is 4.57 Å². The van der Waals surface area contributed by atoms with Crippen molar-refractivity contribution in [2.24, 2.45) is 0 Å². The molecule has 0 saturated heterocycles. The number of nitriles is 1. The number of para-hydroxylation sites is 2. The summed E-state index contributed by atoms with van der Waals surface area (Å²) in [5, 5.41) is 9.38. The number of hydrogen-bond acceptors (Lipinski definition) is 1. The van der Waals surface area contributed by atoms with Crippen molar-refractivity contribution in [3.8, 4) is 6.07 Å². The lowest BCUT2D eigenvalue weighted by molar-refractivity contribution is -0.663. The number of nitrogens with zero attached hydrogens (tertiary/aromatic N) is 3. The van der Waals surface area contributed by atoms with Gasteiger partial charge in [-0.2, -0.15) is 5.26 Å². The van der Waals surface area contributed by atoms with Gasteiger partial charge in [-0.3, -0.25) is 0 Å². The minimum Gasteiger partial charge on any atom is -0.226 e. The molecule has 0 N–H and O–H groups in total. The average molecular weight is 350 g/mol. The maximum Gasteiger partial charge on any atom is 0.245 e. The van der Waals surface area contributed by atoms with Crippen molar-refractivity contribution in [2.45, 2.75) is 13.1 Å². The molecule has 1 heterocycles. The van der Waals surface area contributed by atoms with Crippen LogP contribution in [-0.4, -0.2) is 4.57 Å². The summed E-state index contributed by atoms with van der Waals surface area (Å²) in [6, 6.07) is 26.9. The van der Waals surface area contributed by atoms with Crippen LogP contribution in [0.15, 0.2) is 85.7 Å². The van der Waals surface area contributed by atoms with Gasteiger partial charge in [0, 0.05) is 5.56 Å². The Morgan fingerprint density at radius 2 is 1.70 bits per heavy atom. The maximum atomic E-state index is 9.38. The van der Waals surface area contributed by atoms with E-state index in [9.17, 15) is 5.26 Å². The molecule has 4 aromatic rings. The Morgan fingerprint density at radius 3 is 2.48 bits per heavy atom. The fourth-order valence-electron chi connectivity index (χ4n) is 3.40. The van der Waals surface area contributed by atoms with Crippen LogP contribution in [0.25, 0.3) is 17.1 Å². The van der Waals surface area contributed by atoms with E-state index in [0.717, 1.165) is 28.8 Å². The van der Waals surface area contributed by atoms with Gasteiger partial charge in [-0.15, -0.1) is 0 Å². The van der Waals surface area contributed by atoms with Crippen molar-refractivity contribution in [3.05, 3.63) is 108 Å². The van der Waals surface area contributed by atoms with Gasteiger partial charge < -0.3 is 0 Å². The van der Waals surface area contributed by atoms with Gasteiger partial charge in [-0.25, -0.2) is 9.13 Å². The Balaban J connectivity index is 1.72. The van der Waals surface area contributed by atoms with Crippen molar-refractivity contribution in [3.63, 3.8) is 0 Å². The third-order valence-electron chi connectivity index (χ3n) is 4.83. The molecule has 0 bridgehead atoms. The Hall–Kier alpha value is -3.64. The standard InChI is InChI=1S/C24H20N3/c1-2-19-11-13-20(14-12-19)16-26-18-27(24-10-6-5-9-23(24)26)17-22-8-4-3-7-21(22)15-25/h2-14,18H,1,16-17H2/q+1. The normalized spacial score (nSPS) is 10.6. The van der Waals surface area contributed by atoms with Gasteiger partial charge in [-0.1, -0.05) is 67.3 Å². The SMILES string of the molecule is C=Cc1ccc(C[n+]2cn(Cc3ccccc3C#N)c3ccccc32)cc1. The highest BCUT2D eigenvalue weighted by atomic mass is 15.1. The zero-order valence-electron chi connectivity index (χ0n) is 15.0. The first kappa shape index (κ1) is 16.8. The summed E-state index contributed by atoms with van der Waals surface area (Å²) in [6.45, 7) is 5.28. The zero-order chi connectivity index (χ0) is 18.6. The summed E-state index contributed by atoms with van der Waals surface area (Å²) in [4.78, 5) is 0. The molecule has 0 spiro atoms. The number of rotatable bonds is 5. The van der Waals surface area contributed by atoms with E-state index in [2.05, 4.69) is 76.6 Å². The first-order valence-corrected chi connectivity index (χ1v) is 8.95. The van der Waals surface area contributed by atoms with Gasteiger partial charge in [-0.05, 0) is 29.3 Å². The molecule has 0 unspecified atom stereocenters. The molecule has 0 aliphatic heterocycles. The van der Waals surface area contributed by atoms with Crippen LogP contribution in [0.2, 0.25) is 0 Å². The molecular formula is C24H20N3+. The van der Waals surface area contributed by atoms with Gasteiger partial charge in [0.05, 0.1) is 11.6 Å². The molecule has 0 radical (unpaired) electrons. The highest BCUT2D eigenvalue weighted by Gasteiger charge is 2.16. The maximum absolute atomic E-state index is 9.38. The summed E-state index contributed by atoms with van der Waals surface area (Å²) in [5.41, 5.74) is 6.46. The Bertz CT molecular complexity index is 1140. The molecule has 0 aliphatic rings. The Morgan fingerprint density at radius 1 is 0.963 bits per heavy atom. The van der Waals surface area contributed by atoms with Crippen LogP contribution in [0, 0.1) is 11.3 Å². The number of benzene rings is 3. The fraction of sp³-hybridized carbons (Fsp3) is 0.0833. The topological polar surface area (TPSA) is 32.6 Å². The second-order valence-corrected chi connectivity index (χ2v) is 6.57. The van der Waals surface area contributed by atoms with Crippen LogP contribution < -0.4 is 4.57 Å². The van der Waals surface area contributed by atoms with Crippen molar-refractivity contribution in [2.75, 3.05) is 0 Å². The predicted molar refractivity (Wildman–Crippen MR) is 108 cm³/mol. The van der Waals surface area contributed by atoms with Crippen LogP contribution in [0.3, 0.4) is 0 Å². The summed E-state index contributed by atoms with van der Waals surface area (Å²) >= 11 is 0. The number of imidazole rings is 1. The van der Waals surface area contributed by atoms with Gasteiger partial charge >= 0.3 is 0 Å². The predicted octanol–water partition coefficient (Wildman–Crippen LogP) is 4.54. The fourth-order valence-corrected chi connectivity index (χ4v) is 3.40. The van der Waals surface area contributed by atoms with E-state index < -0.39 is 0 Å². The molecule has 0 atom stereocenters. The highest BCUT2D eigenvalue weighted by Crippen LogP contribution is 2.16. The van der Waals surface area contributed by atoms with Crippen LogP contribution in [0.4, 0.5) is 0 Å². The summed E-state index contributed by atoms with van der Waals surface area (Å²) in [7, 11) is 0. The van der Waals surface area contributed by atoms with Crippen LogP contribution in [0.5, 0.6) is 0 Å². The van der Waals surface area contributed by atoms with Gasteiger partial charge in [0.1, 0.15) is 13.1 Å². The second kappa shape index (κ2) is 7.31. The summed E-state index contributed by atoms with van der Waals surface area (Å²) in [6.07, 6.45) is 4.00. The van der Waals surface area contributed by atoms with E-state index >= 15 is 0 Å². The highest BCUT2D eigenvalue weighted by molar-refractivity contribution is 5.71. The van der Waals surface area contributed by atoms with E-state index in [4.69, 9.17) is 0 Å². The molecule has 0 saturated carbocycles. The third kappa shape index (κ3) is 3.38. The monoisotopic (exact) mass is 350 g/mol. The molecule has 0 aliphatic carbocycles. The Kier molecular flexibility index (Phi) is 4.55. The molecular weight excluding hydrogens is 330 g/mol. The summed E-state index contributed by atoms with van der Waals surface area (Å²) in [5.74, 6) is 0. The first-order valence-electron chi connectivity index (χ1n) is 8.95. The summed E-state index contributed by atoms with van der Waals surface area (Å²) < 4.78 is 4.47. The minimum atomic E-state index is 0.673. The molecule has 3 nitrogen and oxygen atoms in total. The number of aromatic nitrogens is 2. The lowest BCUT2D eigenvalue weighted by atomic mass is 10.1. The zero-order valence-corrected chi connectivity index (χ0v) is 15.0. The molecule has 27 heavy (non-hydrogen) atoms. The third-order valence-corrected chi connectivity index (χ3v) is 4.83. The molecule has 130 valence electrons. The quantitative estimate of drug-likeness (QED) is 0.486. The second-order valence-electron chi connectivity index (χ2n) is 6.57. The molecule has 0 fully saturated rings. The lowest BCUT2D eigenvalue weighted by Gasteiger charge is -2.01. The number of fused-ring (bicyclic) bond motifs is 1. The van der Waals surface area contributed by atoms with E-state index in [1.165, 1.54) is 11.1 Å². The first-order chi connectivity index (χ1) is 13.3.